The summed E-state index contributed by atoms with van der Waals surface area (Å²) in [5.41, 5.74) is 7.18. The summed E-state index contributed by atoms with van der Waals surface area (Å²) in [5.74, 6) is 0.440. The molecule has 0 aliphatic carbocycles. The molecule has 0 aromatic heterocycles. The lowest BCUT2D eigenvalue weighted by molar-refractivity contribution is 0.374. The first kappa shape index (κ1) is 10.7. The lowest BCUT2D eigenvalue weighted by Crippen LogP contribution is -2.11. The van der Waals surface area contributed by atoms with Crippen molar-refractivity contribution in [1.29, 1.82) is 0 Å². The molecule has 0 fully saturated rings. The Kier molecular flexibility index (Phi) is 2.60. The van der Waals surface area contributed by atoms with E-state index in [1.807, 2.05) is 6.07 Å². The predicted octanol–water partition coefficient (Wildman–Crippen LogP) is 2.28. The highest BCUT2D eigenvalue weighted by Crippen LogP contribution is 2.37. The van der Waals surface area contributed by atoms with Gasteiger partial charge in [0.05, 0.1) is 12.8 Å². The highest BCUT2D eigenvalue weighted by Gasteiger charge is 2.17. The number of phenols is 1. The molecule has 0 heterocycles. The van der Waals surface area contributed by atoms with Crippen molar-refractivity contribution < 1.29 is 9.84 Å². The van der Waals surface area contributed by atoms with Gasteiger partial charge in [0.1, 0.15) is 0 Å². The molecule has 3 N–H and O–H groups in total. The van der Waals surface area contributed by atoms with Crippen LogP contribution in [-0.2, 0) is 5.41 Å². The molecule has 3 nitrogen and oxygen atoms in total. The van der Waals surface area contributed by atoms with Crippen molar-refractivity contribution in [1.82, 2.24) is 0 Å². The van der Waals surface area contributed by atoms with Crippen molar-refractivity contribution in [3.05, 3.63) is 17.7 Å². The highest BCUT2D eigenvalue weighted by atomic mass is 16.5. The summed E-state index contributed by atoms with van der Waals surface area (Å²) in [7, 11) is 1.49. The molecule has 14 heavy (non-hydrogen) atoms. The number of methoxy groups -OCH3 is 1. The summed E-state index contributed by atoms with van der Waals surface area (Å²) in [6.07, 6.45) is 0. The van der Waals surface area contributed by atoms with Crippen molar-refractivity contribution in [3.63, 3.8) is 0 Å². The molecule has 1 aromatic rings. The van der Waals surface area contributed by atoms with Crippen LogP contribution < -0.4 is 10.5 Å². The first-order valence-electron chi connectivity index (χ1n) is 4.53. The average Bonchev–Trinajstić information content (AvgIpc) is 2.01. The number of nitrogen functional groups attached to an aromatic ring is 1. The van der Waals surface area contributed by atoms with Gasteiger partial charge in [-0.25, -0.2) is 0 Å². The first-order valence-corrected chi connectivity index (χ1v) is 4.53. The monoisotopic (exact) mass is 195 g/mol. The largest absolute Gasteiger partial charge is 0.504 e. The van der Waals surface area contributed by atoms with Crippen LogP contribution in [-0.4, -0.2) is 12.2 Å². The molecule has 0 aliphatic rings. The summed E-state index contributed by atoms with van der Waals surface area (Å²) >= 11 is 0. The van der Waals surface area contributed by atoms with Crippen LogP contribution in [0.4, 0.5) is 5.69 Å². The number of hydrogen-bond acceptors (Lipinski definition) is 3. The Labute approximate surface area is 84.5 Å². The van der Waals surface area contributed by atoms with Crippen molar-refractivity contribution in [2.24, 2.45) is 0 Å². The SMILES string of the molecule is COc1c(N)cc(C(C)(C)C)cc1O. The van der Waals surface area contributed by atoms with E-state index in [9.17, 15) is 5.11 Å². The van der Waals surface area contributed by atoms with Crippen LogP contribution in [0.3, 0.4) is 0 Å². The topological polar surface area (TPSA) is 55.5 Å². The van der Waals surface area contributed by atoms with Crippen molar-refractivity contribution >= 4 is 5.69 Å². The van der Waals surface area contributed by atoms with Crippen LogP contribution in [0.2, 0.25) is 0 Å². The third kappa shape index (κ3) is 1.92. The van der Waals surface area contributed by atoms with Gasteiger partial charge in [-0.05, 0) is 23.1 Å². The molecule has 0 radical (unpaired) electrons. The van der Waals surface area contributed by atoms with Gasteiger partial charge in [-0.15, -0.1) is 0 Å². The fourth-order valence-electron chi connectivity index (χ4n) is 1.29. The van der Waals surface area contributed by atoms with Gasteiger partial charge in [0.2, 0.25) is 0 Å². The van der Waals surface area contributed by atoms with Gasteiger partial charge >= 0.3 is 0 Å². The minimum absolute atomic E-state index is 0.0299. The van der Waals surface area contributed by atoms with E-state index in [0.717, 1.165) is 5.56 Å². The van der Waals surface area contributed by atoms with E-state index in [0.29, 0.717) is 11.4 Å². The van der Waals surface area contributed by atoms with Crippen LogP contribution in [0.5, 0.6) is 11.5 Å². The van der Waals surface area contributed by atoms with Gasteiger partial charge in [-0.3, -0.25) is 0 Å². The van der Waals surface area contributed by atoms with Crippen molar-refractivity contribution in [3.8, 4) is 11.5 Å². The second-order valence-electron chi connectivity index (χ2n) is 4.37. The van der Waals surface area contributed by atoms with E-state index in [-0.39, 0.29) is 11.2 Å². The Hall–Kier alpha value is -1.38. The normalized spacial score (nSPS) is 11.4. The van der Waals surface area contributed by atoms with E-state index in [1.165, 1.54) is 7.11 Å². The Morgan fingerprint density at radius 2 is 1.86 bits per heavy atom. The number of rotatable bonds is 1. The molecular weight excluding hydrogens is 178 g/mol. The molecule has 0 saturated heterocycles. The summed E-state index contributed by atoms with van der Waals surface area (Å²) < 4.78 is 4.97. The van der Waals surface area contributed by atoms with Crippen LogP contribution in [0.25, 0.3) is 0 Å². The first-order chi connectivity index (χ1) is 6.36. The van der Waals surface area contributed by atoms with Gasteiger partial charge in [0.25, 0.3) is 0 Å². The van der Waals surface area contributed by atoms with E-state index >= 15 is 0 Å². The fourth-order valence-corrected chi connectivity index (χ4v) is 1.29. The molecule has 0 saturated carbocycles. The second-order valence-corrected chi connectivity index (χ2v) is 4.37. The van der Waals surface area contributed by atoms with Gasteiger partial charge in [-0.1, -0.05) is 20.8 Å². The van der Waals surface area contributed by atoms with E-state index in [4.69, 9.17) is 10.5 Å². The second kappa shape index (κ2) is 3.40. The smallest absolute Gasteiger partial charge is 0.183 e. The molecule has 0 bridgehead atoms. The van der Waals surface area contributed by atoms with E-state index < -0.39 is 0 Å². The Bertz CT molecular complexity index is 317. The van der Waals surface area contributed by atoms with E-state index in [1.54, 1.807) is 6.07 Å². The Morgan fingerprint density at radius 1 is 1.29 bits per heavy atom. The quantitative estimate of drug-likeness (QED) is 0.676. The molecule has 0 spiro atoms. The number of benzene rings is 1. The highest BCUT2D eigenvalue weighted by molar-refractivity contribution is 5.62. The van der Waals surface area contributed by atoms with Gasteiger partial charge in [0.15, 0.2) is 11.5 Å². The molecule has 0 unspecified atom stereocenters. The average molecular weight is 195 g/mol. The Balaban J connectivity index is 3.28. The number of aromatic hydroxyl groups is 1. The zero-order chi connectivity index (χ0) is 10.9. The summed E-state index contributed by atoms with van der Waals surface area (Å²) in [6.45, 7) is 6.19. The number of ether oxygens (including phenoxy) is 1. The molecule has 1 rings (SSSR count). The Morgan fingerprint density at radius 3 is 2.21 bits per heavy atom. The zero-order valence-electron chi connectivity index (χ0n) is 9.09. The number of nitrogens with two attached hydrogens (primary N) is 1. The third-order valence-corrected chi connectivity index (χ3v) is 2.17. The van der Waals surface area contributed by atoms with Crippen molar-refractivity contribution in [2.45, 2.75) is 26.2 Å². The predicted molar refractivity (Wildman–Crippen MR) is 57.8 cm³/mol. The number of hydrogen-bond donors (Lipinski definition) is 2. The molecule has 1 aromatic carbocycles. The van der Waals surface area contributed by atoms with Crippen molar-refractivity contribution in [2.75, 3.05) is 12.8 Å². The summed E-state index contributed by atoms with van der Waals surface area (Å²) in [4.78, 5) is 0. The van der Waals surface area contributed by atoms with Gasteiger partial charge < -0.3 is 15.6 Å². The minimum atomic E-state index is -0.0299. The fraction of sp³-hybridized carbons (Fsp3) is 0.455. The summed E-state index contributed by atoms with van der Waals surface area (Å²) in [6, 6.07) is 3.52. The molecule has 0 aliphatic heterocycles. The standard InChI is InChI=1S/C11H17NO2/c1-11(2,3)7-5-8(12)10(14-4)9(13)6-7/h5-6,13H,12H2,1-4H3. The molecule has 3 heteroatoms. The van der Waals surface area contributed by atoms with Gasteiger partial charge in [0, 0.05) is 0 Å². The number of anilines is 1. The summed E-state index contributed by atoms with van der Waals surface area (Å²) in [5, 5.41) is 9.63. The molecule has 0 atom stereocenters. The van der Waals surface area contributed by atoms with Crippen LogP contribution in [0.15, 0.2) is 12.1 Å². The van der Waals surface area contributed by atoms with Crippen LogP contribution >= 0.6 is 0 Å². The van der Waals surface area contributed by atoms with Crippen LogP contribution in [0, 0.1) is 0 Å². The van der Waals surface area contributed by atoms with Gasteiger partial charge in [-0.2, -0.15) is 0 Å². The maximum Gasteiger partial charge on any atom is 0.183 e. The maximum absolute atomic E-state index is 9.63. The lowest BCUT2D eigenvalue weighted by Gasteiger charge is -2.20. The maximum atomic E-state index is 9.63. The molecular formula is C11H17NO2. The molecule has 78 valence electrons. The zero-order valence-corrected chi connectivity index (χ0v) is 9.09. The van der Waals surface area contributed by atoms with Crippen LogP contribution in [0.1, 0.15) is 26.3 Å². The molecule has 0 amide bonds. The van der Waals surface area contributed by atoms with E-state index in [2.05, 4.69) is 20.8 Å². The number of phenolic OH excluding ortho intramolecular Hbond substituents is 1. The lowest BCUT2D eigenvalue weighted by atomic mass is 9.86. The third-order valence-electron chi connectivity index (χ3n) is 2.17. The minimum Gasteiger partial charge on any atom is -0.504 e.